The second kappa shape index (κ2) is 10.3. The highest BCUT2D eigenvalue weighted by Crippen LogP contribution is 2.12. The molecule has 1 aromatic carbocycles. The second-order valence-corrected chi connectivity index (χ2v) is 6.19. The van der Waals surface area contributed by atoms with Gasteiger partial charge in [0.1, 0.15) is 0 Å². The van der Waals surface area contributed by atoms with Crippen molar-refractivity contribution in [3.63, 3.8) is 0 Å². The van der Waals surface area contributed by atoms with Crippen molar-refractivity contribution in [2.75, 3.05) is 40.0 Å². The van der Waals surface area contributed by atoms with Crippen molar-refractivity contribution in [3.8, 4) is 0 Å². The minimum Gasteiger partial charge on any atom is -0.385 e. The molecular weight excluding hydrogens is 306 g/mol. The maximum absolute atomic E-state index is 11.7. The highest BCUT2D eigenvalue weighted by atomic mass is 16.5. The van der Waals surface area contributed by atoms with Gasteiger partial charge in [-0.2, -0.15) is 0 Å². The Kier molecular flexibility index (Phi) is 8.01. The van der Waals surface area contributed by atoms with E-state index in [1.807, 2.05) is 12.1 Å². The topological polar surface area (TPSA) is 62.8 Å². The number of hydrogen-bond donors (Lipinski definition) is 2. The van der Waals surface area contributed by atoms with Gasteiger partial charge in [-0.3, -0.25) is 4.90 Å². The maximum Gasteiger partial charge on any atom is 0.315 e. The molecule has 2 rings (SSSR count). The molecule has 1 saturated heterocycles. The summed E-state index contributed by atoms with van der Waals surface area (Å²) in [4.78, 5) is 14.1. The third-order valence-electron chi connectivity index (χ3n) is 3.99. The summed E-state index contributed by atoms with van der Waals surface area (Å²) in [5.74, 6) is 0. The molecule has 0 saturated carbocycles. The van der Waals surface area contributed by atoms with Gasteiger partial charge in [0.2, 0.25) is 0 Å². The standard InChI is InChI=1S/C18H29N3O3/c1-15-13-21(8-10-24-15)14-17-6-3-5-16(11-17)12-20-18(22)19-7-4-9-23-2/h3,5-6,11,15H,4,7-10,12-14H2,1-2H3,(H2,19,20,22). The number of hydrogen-bond acceptors (Lipinski definition) is 4. The van der Waals surface area contributed by atoms with Crippen molar-refractivity contribution in [3.05, 3.63) is 35.4 Å². The molecule has 24 heavy (non-hydrogen) atoms. The number of urea groups is 1. The van der Waals surface area contributed by atoms with Crippen molar-refractivity contribution in [1.29, 1.82) is 0 Å². The van der Waals surface area contributed by atoms with Crippen molar-refractivity contribution >= 4 is 6.03 Å². The normalized spacial score (nSPS) is 18.3. The fourth-order valence-electron chi connectivity index (χ4n) is 2.79. The molecular formula is C18H29N3O3. The van der Waals surface area contributed by atoms with E-state index in [9.17, 15) is 4.79 Å². The predicted molar refractivity (Wildman–Crippen MR) is 93.9 cm³/mol. The molecule has 2 amide bonds. The van der Waals surface area contributed by atoms with Crippen LogP contribution in [0.2, 0.25) is 0 Å². The molecule has 1 aliphatic heterocycles. The van der Waals surface area contributed by atoms with Gasteiger partial charge in [-0.1, -0.05) is 24.3 Å². The molecule has 0 aliphatic carbocycles. The third-order valence-corrected chi connectivity index (χ3v) is 3.99. The first-order valence-corrected chi connectivity index (χ1v) is 8.60. The second-order valence-electron chi connectivity index (χ2n) is 6.19. The van der Waals surface area contributed by atoms with Crippen LogP contribution in [0.15, 0.2) is 24.3 Å². The Labute approximate surface area is 144 Å². The predicted octanol–water partition coefficient (Wildman–Crippen LogP) is 1.74. The molecule has 1 aliphatic rings. The Morgan fingerprint density at radius 2 is 2.21 bits per heavy atom. The van der Waals surface area contributed by atoms with E-state index < -0.39 is 0 Å². The Hall–Kier alpha value is -1.63. The summed E-state index contributed by atoms with van der Waals surface area (Å²) in [6, 6.07) is 8.24. The number of amides is 2. The van der Waals surface area contributed by atoms with Crippen molar-refractivity contribution < 1.29 is 14.3 Å². The van der Waals surface area contributed by atoms with E-state index >= 15 is 0 Å². The zero-order valence-electron chi connectivity index (χ0n) is 14.7. The summed E-state index contributed by atoms with van der Waals surface area (Å²) >= 11 is 0. The molecule has 1 heterocycles. The molecule has 0 aromatic heterocycles. The fraction of sp³-hybridized carbons (Fsp3) is 0.611. The number of nitrogens with zero attached hydrogens (tertiary/aromatic N) is 1. The van der Waals surface area contributed by atoms with Crippen LogP contribution in [-0.2, 0) is 22.6 Å². The number of rotatable bonds is 8. The first kappa shape index (κ1) is 18.7. The lowest BCUT2D eigenvalue weighted by atomic mass is 10.1. The van der Waals surface area contributed by atoms with Gasteiger partial charge in [0.25, 0.3) is 0 Å². The maximum atomic E-state index is 11.7. The zero-order chi connectivity index (χ0) is 17.2. The van der Waals surface area contributed by atoms with Crippen LogP contribution in [0.5, 0.6) is 0 Å². The Bertz CT molecular complexity index is 510. The van der Waals surface area contributed by atoms with Crippen molar-refractivity contribution in [2.45, 2.75) is 32.5 Å². The summed E-state index contributed by atoms with van der Waals surface area (Å²) in [6.45, 7) is 7.57. The number of carbonyl (C=O) groups is 1. The average Bonchev–Trinajstić information content (AvgIpc) is 2.57. The fourth-order valence-corrected chi connectivity index (χ4v) is 2.79. The number of carbonyl (C=O) groups excluding carboxylic acids is 1. The van der Waals surface area contributed by atoms with E-state index in [1.165, 1.54) is 5.56 Å². The Morgan fingerprint density at radius 3 is 3.00 bits per heavy atom. The zero-order valence-corrected chi connectivity index (χ0v) is 14.7. The van der Waals surface area contributed by atoms with Gasteiger partial charge in [-0.15, -0.1) is 0 Å². The average molecular weight is 335 g/mol. The number of benzene rings is 1. The van der Waals surface area contributed by atoms with Gasteiger partial charge < -0.3 is 20.1 Å². The Balaban J connectivity index is 1.74. The van der Waals surface area contributed by atoms with Gasteiger partial charge in [-0.25, -0.2) is 4.79 Å². The van der Waals surface area contributed by atoms with E-state index in [0.29, 0.717) is 25.8 Å². The van der Waals surface area contributed by atoms with Crippen LogP contribution in [-0.4, -0.2) is 57.0 Å². The molecule has 0 spiro atoms. The summed E-state index contributed by atoms with van der Waals surface area (Å²) < 4.78 is 10.5. The molecule has 6 heteroatoms. The summed E-state index contributed by atoms with van der Waals surface area (Å²) in [5.41, 5.74) is 2.38. The van der Waals surface area contributed by atoms with Crippen LogP contribution >= 0.6 is 0 Å². The van der Waals surface area contributed by atoms with Gasteiger partial charge in [0.15, 0.2) is 0 Å². The first-order chi connectivity index (χ1) is 11.7. The van der Waals surface area contributed by atoms with Gasteiger partial charge in [-0.05, 0) is 24.5 Å². The highest BCUT2D eigenvalue weighted by Gasteiger charge is 2.16. The van der Waals surface area contributed by atoms with Gasteiger partial charge in [0, 0.05) is 46.4 Å². The summed E-state index contributed by atoms with van der Waals surface area (Å²) in [7, 11) is 1.66. The lowest BCUT2D eigenvalue weighted by molar-refractivity contribution is -0.0212. The van der Waals surface area contributed by atoms with Crippen LogP contribution in [0.3, 0.4) is 0 Å². The quantitative estimate of drug-likeness (QED) is 0.711. The highest BCUT2D eigenvalue weighted by molar-refractivity contribution is 5.73. The van der Waals surface area contributed by atoms with E-state index in [1.54, 1.807) is 7.11 Å². The lowest BCUT2D eigenvalue weighted by Gasteiger charge is -2.31. The minimum absolute atomic E-state index is 0.140. The molecule has 1 unspecified atom stereocenters. The van der Waals surface area contributed by atoms with Gasteiger partial charge >= 0.3 is 6.03 Å². The molecule has 6 nitrogen and oxygen atoms in total. The molecule has 134 valence electrons. The molecule has 1 fully saturated rings. The van der Waals surface area contributed by atoms with E-state index in [0.717, 1.165) is 38.2 Å². The molecule has 2 N–H and O–H groups in total. The lowest BCUT2D eigenvalue weighted by Crippen LogP contribution is -2.40. The molecule has 0 radical (unpaired) electrons. The van der Waals surface area contributed by atoms with Crippen LogP contribution in [0.4, 0.5) is 4.79 Å². The van der Waals surface area contributed by atoms with E-state index in [4.69, 9.17) is 9.47 Å². The van der Waals surface area contributed by atoms with Crippen LogP contribution in [0.25, 0.3) is 0 Å². The Morgan fingerprint density at radius 1 is 1.38 bits per heavy atom. The van der Waals surface area contributed by atoms with Crippen LogP contribution in [0.1, 0.15) is 24.5 Å². The number of morpholine rings is 1. The van der Waals surface area contributed by atoms with E-state index in [2.05, 4.69) is 34.6 Å². The number of nitrogens with one attached hydrogen (secondary N) is 2. The van der Waals surface area contributed by atoms with Crippen molar-refractivity contribution in [1.82, 2.24) is 15.5 Å². The van der Waals surface area contributed by atoms with Crippen LogP contribution < -0.4 is 10.6 Å². The number of methoxy groups -OCH3 is 1. The first-order valence-electron chi connectivity index (χ1n) is 8.60. The number of ether oxygens (including phenoxy) is 2. The van der Waals surface area contributed by atoms with Crippen LogP contribution in [0, 0.1) is 0 Å². The van der Waals surface area contributed by atoms with E-state index in [-0.39, 0.29) is 6.03 Å². The minimum atomic E-state index is -0.140. The summed E-state index contributed by atoms with van der Waals surface area (Å²) in [6.07, 6.45) is 1.11. The molecule has 1 atom stereocenters. The smallest absolute Gasteiger partial charge is 0.315 e. The molecule has 1 aromatic rings. The monoisotopic (exact) mass is 335 g/mol. The molecule has 0 bridgehead atoms. The third kappa shape index (κ3) is 6.86. The largest absolute Gasteiger partial charge is 0.385 e. The summed E-state index contributed by atoms with van der Waals surface area (Å²) in [5, 5.41) is 5.71. The van der Waals surface area contributed by atoms with Crippen molar-refractivity contribution in [2.24, 2.45) is 0 Å². The SMILES string of the molecule is COCCCNC(=O)NCc1cccc(CN2CCOC(C)C2)c1. The van der Waals surface area contributed by atoms with Gasteiger partial charge in [0.05, 0.1) is 12.7 Å².